The van der Waals surface area contributed by atoms with Gasteiger partial charge in [-0.25, -0.2) is 0 Å². The Morgan fingerprint density at radius 3 is 2.72 bits per heavy atom. The fourth-order valence-corrected chi connectivity index (χ4v) is 3.57. The Balaban J connectivity index is 1.58. The van der Waals surface area contributed by atoms with Crippen LogP contribution in [0.5, 0.6) is 0 Å². The third kappa shape index (κ3) is 4.33. The maximum Gasteiger partial charge on any atom is 0.253 e. The molecule has 0 aromatic heterocycles. The van der Waals surface area contributed by atoms with Crippen molar-refractivity contribution in [2.45, 2.75) is 25.3 Å². The maximum absolute atomic E-state index is 12.2. The minimum atomic E-state index is -0.402. The second-order valence-corrected chi connectivity index (χ2v) is 6.86. The fraction of sp³-hybridized carbons (Fsp3) is 0.263. The van der Waals surface area contributed by atoms with Gasteiger partial charge in [0.05, 0.1) is 23.2 Å². The SMILES string of the molecule is O=C(CNC(=O)c1ccc(Cl)cc1Cl)N[C@@H]1CCCc2ccccc21. The van der Waals surface area contributed by atoms with Crippen molar-refractivity contribution in [3.8, 4) is 0 Å². The fourth-order valence-electron chi connectivity index (χ4n) is 3.08. The number of halogens is 2. The number of aryl methyl sites for hydroxylation is 1. The largest absolute Gasteiger partial charge is 0.348 e. The molecule has 130 valence electrons. The van der Waals surface area contributed by atoms with Crippen molar-refractivity contribution in [1.29, 1.82) is 0 Å². The van der Waals surface area contributed by atoms with Gasteiger partial charge in [-0.1, -0.05) is 47.5 Å². The van der Waals surface area contributed by atoms with E-state index in [0.29, 0.717) is 10.6 Å². The van der Waals surface area contributed by atoms with Crippen LogP contribution in [0.3, 0.4) is 0 Å². The van der Waals surface area contributed by atoms with Gasteiger partial charge in [-0.15, -0.1) is 0 Å². The van der Waals surface area contributed by atoms with Gasteiger partial charge in [0.2, 0.25) is 5.91 Å². The van der Waals surface area contributed by atoms with Crippen LogP contribution in [-0.2, 0) is 11.2 Å². The molecular formula is C19H18Cl2N2O2. The van der Waals surface area contributed by atoms with Gasteiger partial charge in [-0.2, -0.15) is 0 Å². The number of carbonyl (C=O) groups excluding carboxylic acids is 2. The van der Waals surface area contributed by atoms with E-state index < -0.39 is 5.91 Å². The predicted molar refractivity (Wildman–Crippen MR) is 99.1 cm³/mol. The van der Waals surface area contributed by atoms with Crippen molar-refractivity contribution in [2.24, 2.45) is 0 Å². The van der Waals surface area contributed by atoms with Crippen molar-refractivity contribution in [2.75, 3.05) is 6.54 Å². The number of fused-ring (bicyclic) bond motifs is 1. The zero-order chi connectivity index (χ0) is 17.8. The molecule has 2 amide bonds. The summed E-state index contributed by atoms with van der Waals surface area (Å²) in [6.45, 7) is -0.101. The van der Waals surface area contributed by atoms with E-state index in [4.69, 9.17) is 23.2 Å². The van der Waals surface area contributed by atoms with Crippen LogP contribution < -0.4 is 10.6 Å². The first-order valence-corrected chi connectivity index (χ1v) is 8.90. The molecule has 2 aromatic carbocycles. The summed E-state index contributed by atoms with van der Waals surface area (Å²) in [4.78, 5) is 24.4. The predicted octanol–water partition coefficient (Wildman–Crippen LogP) is 3.92. The van der Waals surface area contributed by atoms with Crippen LogP contribution in [0.1, 0.15) is 40.4 Å². The van der Waals surface area contributed by atoms with Gasteiger partial charge in [0, 0.05) is 5.02 Å². The number of rotatable bonds is 4. The van der Waals surface area contributed by atoms with E-state index in [-0.39, 0.29) is 23.5 Å². The summed E-state index contributed by atoms with van der Waals surface area (Å²) >= 11 is 11.8. The van der Waals surface area contributed by atoms with E-state index in [1.54, 1.807) is 6.07 Å². The Morgan fingerprint density at radius 1 is 1.12 bits per heavy atom. The quantitative estimate of drug-likeness (QED) is 0.849. The minimum absolute atomic E-state index is 0.00604. The lowest BCUT2D eigenvalue weighted by Crippen LogP contribution is -2.39. The average molecular weight is 377 g/mol. The first-order valence-electron chi connectivity index (χ1n) is 8.15. The highest BCUT2D eigenvalue weighted by Gasteiger charge is 2.21. The molecule has 4 nitrogen and oxygen atoms in total. The lowest BCUT2D eigenvalue weighted by atomic mass is 9.88. The van der Waals surface area contributed by atoms with E-state index in [1.165, 1.54) is 17.7 Å². The zero-order valence-electron chi connectivity index (χ0n) is 13.5. The van der Waals surface area contributed by atoms with E-state index >= 15 is 0 Å². The van der Waals surface area contributed by atoms with Crippen molar-refractivity contribution < 1.29 is 9.59 Å². The summed E-state index contributed by atoms with van der Waals surface area (Å²) in [6, 6.07) is 12.7. The molecule has 2 N–H and O–H groups in total. The van der Waals surface area contributed by atoms with Gasteiger partial charge < -0.3 is 10.6 Å². The molecule has 0 heterocycles. The minimum Gasteiger partial charge on any atom is -0.348 e. The molecule has 1 aliphatic carbocycles. The Kier molecular flexibility index (Phi) is 5.61. The topological polar surface area (TPSA) is 58.2 Å². The Hall–Kier alpha value is -2.04. The summed E-state index contributed by atoms with van der Waals surface area (Å²) in [5.74, 6) is -0.624. The number of carbonyl (C=O) groups is 2. The standard InChI is InChI=1S/C19H18Cl2N2O2/c20-13-8-9-15(16(21)10-13)19(25)22-11-18(24)23-17-7-3-5-12-4-1-2-6-14(12)17/h1-2,4,6,8-10,17H,3,5,7,11H2,(H,22,25)(H,23,24)/t17-/m1/s1. The molecule has 2 aromatic rings. The molecule has 0 saturated carbocycles. The molecule has 25 heavy (non-hydrogen) atoms. The molecular weight excluding hydrogens is 359 g/mol. The van der Waals surface area contributed by atoms with Crippen LogP contribution >= 0.6 is 23.2 Å². The van der Waals surface area contributed by atoms with Crippen molar-refractivity contribution in [1.82, 2.24) is 10.6 Å². The summed E-state index contributed by atoms with van der Waals surface area (Å²) < 4.78 is 0. The van der Waals surface area contributed by atoms with Crippen LogP contribution in [0, 0.1) is 0 Å². The van der Waals surface area contributed by atoms with Gasteiger partial charge in [0.1, 0.15) is 0 Å². The van der Waals surface area contributed by atoms with E-state index in [0.717, 1.165) is 24.8 Å². The Morgan fingerprint density at radius 2 is 1.92 bits per heavy atom. The summed E-state index contributed by atoms with van der Waals surface area (Å²) in [7, 11) is 0. The van der Waals surface area contributed by atoms with Crippen LogP contribution in [0.2, 0.25) is 10.0 Å². The smallest absolute Gasteiger partial charge is 0.253 e. The lowest BCUT2D eigenvalue weighted by molar-refractivity contribution is -0.121. The van der Waals surface area contributed by atoms with Crippen molar-refractivity contribution >= 4 is 35.0 Å². The van der Waals surface area contributed by atoms with Crippen LogP contribution in [0.15, 0.2) is 42.5 Å². The Bertz CT molecular complexity index is 808. The van der Waals surface area contributed by atoms with Gasteiger partial charge in [-0.3, -0.25) is 9.59 Å². The highest BCUT2D eigenvalue weighted by molar-refractivity contribution is 6.36. The van der Waals surface area contributed by atoms with Gasteiger partial charge in [-0.05, 0) is 48.6 Å². The molecule has 0 unspecified atom stereocenters. The molecule has 0 saturated heterocycles. The average Bonchev–Trinajstić information content (AvgIpc) is 2.60. The number of benzene rings is 2. The van der Waals surface area contributed by atoms with Crippen molar-refractivity contribution in [3.05, 3.63) is 69.2 Å². The van der Waals surface area contributed by atoms with Gasteiger partial charge >= 0.3 is 0 Å². The van der Waals surface area contributed by atoms with Gasteiger partial charge in [0.15, 0.2) is 0 Å². The summed E-state index contributed by atoms with van der Waals surface area (Å²) in [5.41, 5.74) is 2.73. The van der Waals surface area contributed by atoms with Gasteiger partial charge in [0.25, 0.3) is 5.91 Å². The zero-order valence-corrected chi connectivity index (χ0v) is 15.0. The number of amides is 2. The molecule has 1 aliphatic rings. The molecule has 0 fully saturated rings. The van der Waals surface area contributed by atoms with Crippen LogP contribution in [0.25, 0.3) is 0 Å². The third-order valence-corrected chi connectivity index (χ3v) is 4.84. The van der Waals surface area contributed by atoms with E-state index in [1.807, 2.05) is 18.2 Å². The normalized spacial score (nSPS) is 16.0. The second-order valence-electron chi connectivity index (χ2n) is 6.02. The molecule has 0 spiro atoms. The Labute approximate surface area is 156 Å². The highest BCUT2D eigenvalue weighted by atomic mass is 35.5. The number of nitrogens with one attached hydrogen (secondary N) is 2. The number of hydrogen-bond donors (Lipinski definition) is 2. The molecule has 6 heteroatoms. The number of hydrogen-bond acceptors (Lipinski definition) is 2. The summed E-state index contributed by atoms with van der Waals surface area (Å²) in [6.07, 6.45) is 2.97. The molecule has 0 radical (unpaired) electrons. The van der Waals surface area contributed by atoms with Crippen LogP contribution in [-0.4, -0.2) is 18.4 Å². The molecule has 3 rings (SSSR count). The van der Waals surface area contributed by atoms with Crippen molar-refractivity contribution in [3.63, 3.8) is 0 Å². The third-order valence-electron chi connectivity index (χ3n) is 4.29. The maximum atomic E-state index is 12.2. The molecule has 0 bridgehead atoms. The first kappa shape index (κ1) is 17.8. The van der Waals surface area contributed by atoms with Crippen LogP contribution in [0.4, 0.5) is 0 Å². The molecule has 0 aliphatic heterocycles. The summed E-state index contributed by atoms with van der Waals surface area (Å²) in [5, 5.41) is 6.30. The highest BCUT2D eigenvalue weighted by Crippen LogP contribution is 2.29. The second kappa shape index (κ2) is 7.89. The first-order chi connectivity index (χ1) is 12.0. The monoisotopic (exact) mass is 376 g/mol. The van der Waals surface area contributed by atoms with E-state index in [9.17, 15) is 9.59 Å². The van der Waals surface area contributed by atoms with E-state index in [2.05, 4.69) is 16.7 Å². The molecule has 1 atom stereocenters. The lowest BCUT2D eigenvalue weighted by Gasteiger charge is -2.26.